The van der Waals surface area contributed by atoms with Crippen molar-refractivity contribution in [2.75, 3.05) is 5.32 Å². The third-order valence-corrected chi connectivity index (χ3v) is 4.77. The first-order valence-electron chi connectivity index (χ1n) is 7.32. The minimum absolute atomic E-state index is 0.252. The highest BCUT2D eigenvalue weighted by Gasteiger charge is 2.37. The van der Waals surface area contributed by atoms with Gasteiger partial charge >= 0.3 is 6.36 Å². The first-order chi connectivity index (χ1) is 11.6. The maximum absolute atomic E-state index is 12.6. The van der Waals surface area contributed by atoms with E-state index < -0.39 is 12.3 Å². The van der Waals surface area contributed by atoms with E-state index >= 15 is 0 Å². The molecular weight excluding hydrogens is 359 g/mol. The Kier molecular flexibility index (Phi) is 4.31. The number of carbonyl (C=O) groups is 2. The summed E-state index contributed by atoms with van der Waals surface area (Å²) in [6.07, 6.45) is -4.31. The molecule has 0 aromatic heterocycles. The van der Waals surface area contributed by atoms with Crippen LogP contribution in [0.25, 0.3) is 0 Å². The monoisotopic (exact) mass is 373 g/mol. The van der Waals surface area contributed by atoms with Crippen LogP contribution in [0.4, 0.5) is 18.9 Å². The van der Waals surface area contributed by atoms with Crippen LogP contribution in [0.3, 0.4) is 0 Å². The van der Waals surface area contributed by atoms with Crippen molar-refractivity contribution in [1.29, 1.82) is 0 Å². The van der Waals surface area contributed by atoms with Crippen LogP contribution in [0.2, 0.25) is 0 Å². The molecule has 0 radical (unpaired) electrons. The average molecular weight is 373 g/mol. The number of hydrazine groups is 1. The second-order valence-corrected chi connectivity index (χ2v) is 6.69. The van der Waals surface area contributed by atoms with E-state index in [9.17, 15) is 22.8 Å². The molecule has 25 heavy (non-hydrogen) atoms. The molecule has 1 unspecified atom stereocenters. The first-order valence-corrected chi connectivity index (χ1v) is 8.14. The van der Waals surface area contributed by atoms with E-state index in [1.165, 1.54) is 30.1 Å². The van der Waals surface area contributed by atoms with Crippen LogP contribution >= 0.6 is 11.8 Å². The largest absolute Gasteiger partial charge is 0.573 e. The molecule has 2 N–H and O–H groups in total. The van der Waals surface area contributed by atoms with Gasteiger partial charge in [-0.1, -0.05) is 11.8 Å². The lowest BCUT2D eigenvalue weighted by molar-refractivity contribution is -0.274. The number of alkyl halides is 3. The van der Waals surface area contributed by atoms with Crippen molar-refractivity contribution in [2.24, 2.45) is 0 Å². The van der Waals surface area contributed by atoms with E-state index in [1.807, 2.05) is 0 Å². The summed E-state index contributed by atoms with van der Waals surface area (Å²) in [4.78, 5) is 24.7. The molecule has 0 aliphatic carbocycles. The highest BCUT2D eigenvalue weighted by Crippen LogP contribution is 2.45. The minimum Gasteiger partial charge on any atom is -0.406 e. The molecule has 1 aromatic rings. The van der Waals surface area contributed by atoms with E-state index in [2.05, 4.69) is 15.5 Å². The number of carbonyl (C=O) groups excluding carboxylic acids is 2. The third-order valence-electron chi connectivity index (χ3n) is 3.59. The van der Waals surface area contributed by atoms with Gasteiger partial charge in [-0.2, -0.15) is 0 Å². The van der Waals surface area contributed by atoms with Crippen LogP contribution in [-0.4, -0.2) is 29.2 Å². The molecule has 134 valence electrons. The quantitative estimate of drug-likeness (QED) is 0.834. The summed E-state index contributed by atoms with van der Waals surface area (Å²) in [6.45, 7) is 3.09. The van der Waals surface area contributed by atoms with Crippen LogP contribution in [0.1, 0.15) is 20.3 Å². The van der Waals surface area contributed by atoms with Gasteiger partial charge in [-0.15, -0.1) is 13.2 Å². The summed E-state index contributed by atoms with van der Waals surface area (Å²) in [5.41, 5.74) is 3.76. The van der Waals surface area contributed by atoms with Gasteiger partial charge in [-0.3, -0.25) is 15.0 Å². The van der Waals surface area contributed by atoms with Crippen LogP contribution in [-0.2, 0) is 9.59 Å². The molecule has 2 heterocycles. The molecule has 0 saturated heterocycles. The fraction of sp³-hybridized carbons (Fsp3) is 0.333. The number of thioether (sulfide) groups is 1. The summed E-state index contributed by atoms with van der Waals surface area (Å²) in [7, 11) is 0. The lowest BCUT2D eigenvalue weighted by Crippen LogP contribution is -2.53. The number of ether oxygens (including phenoxy) is 1. The van der Waals surface area contributed by atoms with E-state index in [0.717, 1.165) is 11.8 Å². The van der Waals surface area contributed by atoms with Crippen LogP contribution < -0.4 is 15.5 Å². The molecule has 2 aliphatic rings. The van der Waals surface area contributed by atoms with Crippen LogP contribution in [0.15, 0.2) is 33.7 Å². The molecule has 2 aliphatic heterocycles. The number of halogens is 3. The molecule has 3 rings (SSSR count). The van der Waals surface area contributed by atoms with Crippen molar-refractivity contribution >= 4 is 29.3 Å². The Morgan fingerprint density at radius 3 is 2.80 bits per heavy atom. The molecule has 0 bridgehead atoms. The maximum Gasteiger partial charge on any atom is 0.573 e. The Morgan fingerprint density at radius 1 is 1.44 bits per heavy atom. The van der Waals surface area contributed by atoms with Gasteiger partial charge in [0.15, 0.2) is 0 Å². The second kappa shape index (κ2) is 6.17. The van der Waals surface area contributed by atoms with Crippen LogP contribution in [0, 0.1) is 0 Å². The van der Waals surface area contributed by atoms with Gasteiger partial charge in [-0.05, 0) is 25.1 Å². The smallest absolute Gasteiger partial charge is 0.406 e. The molecule has 1 atom stereocenters. The lowest BCUT2D eigenvalue weighted by Gasteiger charge is -2.37. The zero-order valence-corrected chi connectivity index (χ0v) is 14.0. The molecule has 6 nitrogen and oxygen atoms in total. The number of fused-ring (bicyclic) bond motifs is 1. The molecule has 10 heteroatoms. The molecule has 2 amide bonds. The maximum atomic E-state index is 12.6. The topological polar surface area (TPSA) is 70.7 Å². The Morgan fingerprint density at radius 2 is 2.16 bits per heavy atom. The summed E-state index contributed by atoms with van der Waals surface area (Å²) < 4.78 is 41.0. The number of nitrogens with one attached hydrogen (secondary N) is 2. The highest BCUT2D eigenvalue weighted by molar-refractivity contribution is 8.04. The molecule has 0 spiro atoms. The predicted molar refractivity (Wildman–Crippen MR) is 84.4 cm³/mol. The lowest BCUT2D eigenvalue weighted by atomic mass is 10.1. The van der Waals surface area contributed by atoms with Crippen LogP contribution in [0.5, 0.6) is 5.75 Å². The Bertz CT molecular complexity index is 779. The SMILES string of the molecule is CC(=O)NN1C(=O)C2=C(CC1C)Nc1ccc(OC(F)(F)F)cc1S2. The Hall–Kier alpha value is -2.36. The number of benzene rings is 1. The van der Waals surface area contributed by atoms with E-state index in [0.29, 0.717) is 27.6 Å². The van der Waals surface area contributed by atoms with Crippen molar-refractivity contribution < 1.29 is 27.5 Å². The Balaban J connectivity index is 1.87. The van der Waals surface area contributed by atoms with Crippen molar-refractivity contribution in [2.45, 2.75) is 37.6 Å². The summed E-state index contributed by atoms with van der Waals surface area (Å²) in [5, 5.41) is 4.32. The van der Waals surface area contributed by atoms with Gasteiger partial charge in [-0.25, -0.2) is 5.01 Å². The van der Waals surface area contributed by atoms with Crippen molar-refractivity contribution in [3.8, 4) is 5.75 Å². The zero-order valence-electron chi connectivity index (χ0n) is 13.2. The van der Waals surface area contributed by atoms with Crippen molar-refractivity contribution in [1.82, 2.24) is 10.4 Å². The first kappa shape index (κ1) is 17.5. The van der Waals surface area contributed by atoms with Gasteiger partial charge in [0.2, 0.25) is 5.91 Å². The normalized spacial score (nSPS) is 19.8. The molecule has 1 aromatic carbocycles. The summed E-state index contributed by atoms with van der Waals surface area (Å²) in [5.74, 6) is -1.14. The molecular formula is C15H14F3N3O3S. The number of rotatable bonds is 2. The predicted octanol–water partition coefficient (Wildman–Crippen LogP) is 2.99. The van der Waals surface area contributed by atoms with Crippen molar-refractivity contribution in [3.63, 3.8) is 0 Å². The summed E-state index contributed by atoms with van der Waals surface area (Å²) >= 11 is 1.05. The fourth-order valence-corrected chi connectivity index (χ4v) is 3.69. The minimum atomic E-state index is -4.79. The number of hydrogen-bond donors (Lipinski definition) is 2. The van der Waals surface area contributed by atoms with E-state index in [1.54, 1.807) is 6.92 Å². The number of hydrogen-bond acceptors (Lipinski definition) is 5. The van der Waals surface area contributed by atoms with Crippen molar-refractivity contribution in [3.05, 3.63) is 28.8 Å². The standard InChI is InChI=1S/C15H14F3N3O3S/c1-7-5-11-13(14(23)21(7)20-8(2)22)25-12-6-9(24-15(16,17)18)3-4-10(12)19-11/h3-4,6-7,19H,5H2,1-2H3,(H,20,22). The van der Waals surface area contributed by atoms with Gasteiger partial charge < -0.3 is 10.1 Å². The highest BCUT2D eigenvalue weighted by atomic mass is 32.2. The van der Waals surface area contributed by atoms with Gasteiger partial charge in [0.1, 0.15) is 5.75 Å². The molecule has 0 fully saturated rings. The number of amides is 2. The summed E-state index contributed by atoms with van der Waals surface area (Å²) in [6, 6.07) is 3.65. The third kappa shape index (κ3) is 3.68. The fourth-order valence-electron chi connectivity index (χ4n) is 2.62. The second-order valence-electron chi connectivity index (χ2n) is 5.64. The van der Waals surface area contributed by atoms with E-state index in [4.69, 9.17) is 0 Å². The van der Waals surface area contributed by atoms with Gasteiger partial charge in [0.05, 0.1) is 16.6 Å². The average Bonchev–Trinajstić information content (AvgIpc) is 2.48. The zero-order chi connectivity index (χ0) is 18.4. The van der Waals surface area contributed by atoms with Gasteiger partial charge in [0.25, 0.3) is 5.91 Å². The number of anilines is 1. The number of nitrogens with zero attached hydrogens (tertiary/aromatic N) is 1. The molecule has 0 saturated carbocycles. The van der Waals surface area contributed by atoms with E-state index in [-0.39, 0.29) is 17.7 Å². The Labute approximate surface area is 145 Å². The van der Waals surface area contributed by atoms with Gasteiger partial charge in [0, 0.05) is 23.9 Å².